The van der Waals surface area contributed by atoms with E-state index in [2.05, 4.69) is 28.4 Å². The normalized spacial score (nSPS) is 24.4. The molecule has 1 aliphatic heterocycles. The highest BCUT2D eigenvalue weighted by atomic mass is 16.5. The van der Waals surface area contributed by atoms with Crippen LogP contribution in [0.5, 0.6) is 0 Å². The molecular weight excluding hydrogens is 364 g/mol. The zero-order chi connectivity index (χ0) is 20.5. The zero-order valence-corrected chi connectivity index (χ0v) is 17.1. The molecule has 1 aromatic carbocycles. The SMILES string of the molecule is CNCC(=O)N1CCN(CCCOC2(C#N)C=CC(c3ccccc3)C=C2)CC1. The highest BCUT2D eigenvalue weighted by Crippen LogP contribution is 2.28. The number of amides is 1. The van der Waals surface area contributed by atoms with Gasteiger partial charge in [0.2, 0.25) is 5.91 Å². The molecule has 1 fully saturated rings. The van der Waals surface area contributed by atoms with E-state index in [4.69, 9.17) is 4.74 Å². The standard InChI is InChI=1S/C23H30N4O2/c1-25-18-22(28)27-15-13-26(14-16-27)12-5-17-29-23(19-24)10-8-21(9-11-23)20-6-3-2-4-7-20/h2-4,6-11,21,25H,5,12-18H2,1H3. The molecule has 0 radical (unpaired) electrons. The van der Waals surface area contributed by atoms with E-state index in [1.807, 2.05) is 47.4 Å². The van der Waals surface area contributed by atoms with Crippen molar-refractivity contribution < 1.29 is 9.53 Å². The third-order valence-corrected chi connectivity index (χ3v) is 5.47. The molecule has 0 atom stereocenters. The number of nitrogens with zero attached hydrogens (tertiary/aromatic N) is 3. The molecule has 6 nitrogen and oxygen atoms in total. The number of hydrogen-bond acceptors (Lipinski definition) is 5. The van der Waals surface area contributed by atoms with Crippen LogP contribution < -0.4 is 5.32 Å². The van der Waals surface area contributed by atoms with Gasteiger partial charge in [-0.15, -0.1) is 0 Å². The van der Waals surface area contributed by atoms with Crippen LogP contribution >= 0.6 is 0 Å². The van der Waals surface area contributed by atoms with Gasteiger partial charge in [-0.05, 0) is 31.2 Å². The Labute approximate surface area is 173 Å². The molecule has 0 bridgehead atoms. The topological polar surface area (TPSA) is 68.6 Å². The van der Waals surface area contributed by atoms with Crippen LogP contribution in [-0.4, -0.2) is 74.2 Å². The monoisotopic (exact) mass is 394 g/mol. The van der Waals surface area contributed by atoms with E-state index in [0.717, 1.165) is 39.1 Å². The van der Waals surface area contributed by atoms with Crippen molar-refractivity contribution in [2.45, 2.75) is 17.9 Å². The molecule has 29 heavy (non-hydrogen) atoms. The van der Waals surface area contributed by atoms with Gasteiger partial charge in [-0.2, -0.15) is 5.26 Å². The van der Waals surface area contributed by atoms with E-state index in [-0.39, 0.29) is 11.8 Å². The maximum Gasteiger partial charge on any atom is 0.236 e. The van der Waals surface area contributed by atoms with Gasteiger partial charge < -0.3 is 15.0 Å². The molecule has 0 aromatic heterocycles. The first-order valence-electron chi connectivity index (χ1n) is 10.3. The lowest BCUT2D eigenvalue weighted by molar-refractivity contribution is -0.131. The van der Waals surface area contributed by atoms with Crippen LogP contribution in [0.25, 0.3) is 0 Å². The van der Waals surface area contributed by atoms with Gasteiger partial charge in [-0.3, -0.25) is 9.69 Å². The van der Waals surface area contributed by atoms with Crippen molar-refractivity contribution in [1.82, 2.24) is 15.1 Å². The minimum Gasteiger partial charge on any atom is -0.353 e. The van der Waals surface area contributed by atoms with Gasteiger partial charge in [-0.25, -0.2) is 0 Å². The van der Waals surface area contributed by atoms with Gasteiger partial charge in [0, 0.05) is 38.6 Å². The van der Waals surface area contributed by atoms with Gasteiger partial charge >= 0.3 is 0 Å². The van der Waals surface area contributed by atoms with Crippen LogP contribution in [0.2, 0.25) is 0 Å². The fourth-order valence-electron chi connectivity index (χ4n) is 3.73. The predicted octanol–water partition coefficient (Wildman–Crippen LogP) is 1.93. The third-order valence-electron chi connectivity index (χ3n) is 5.47. The third kappa shape index (κ3) is 5.77. The number of carbonyl (C=O) groups excluding carboxylic acids is 1. The summed E-state index contributed by atoms with van der Waals surface area (Å²) in [6.45, 7) is 5.16. The predicted molar refractivity (Wildman–Crippen MR) is 113 cm³/mol. The van der Waals surface area contributed by atoms with Crippen molar-refractivity contribution in [3.63, 3.8) is 0 Å². The van der Waals surface area contributed by atoms with Crippen molar-refractivity contribution in [3.8, 4) is 6.07 Å². The quantitative estimate of drug-likeness (QED) is 0.539. The van der Waals surface area contributed by atoms with Gasteiger partial charge in [0.25, 0.3) is 0 Å². The van der Waals surface area contributed by atoms with E-state index < -0.39 is 5.60 Å². The molecule has 1 amide bonds. The molecule has 1 aromatic rings. The Kier molecular flexibility index (Phi) is 7.59. The summed E-state index contributed by atoms with van der Waals surface area (Å²) in [5.74, 6) is 0.347. The first kappa shape index (κ1) is 21.3. The van der Waals surface area contributed by atoms with Crippen LogP contribution in [0.1, 0.15) is 17.9 Å². The van der Waals surface area contributed by atoms with Crippen molar-refractivity contribution in [1.29, 1.82) is 5.26 Å². The van der Waals surface area contributed by atoms with Crippen LogP contribution in [0.4, 0.5) is 0 Å². The maximum atomic E-state index is 11.9. The van der Waals surface area contributed by atoms with Crippen molar-refractivity contribution in [2.75, 3.05) is 52.9 Å². The zero-order valence-electron chi connectivity index (χ0n) is 17.1. The van der Waals surface area contributed by atoms with Gasteiger partial charge in [0.05, 0.1) is 13.2 Å². The Morgan fingerprint density at radius 2 is 1.90 bits per heavy atom. The van der Waals surface area contributed by atoms with E-state index in [1.165, 1.54) is 5.56 Å². The number of rotatable bonds is 8. The second-order valence-corrected chi connectivity index (χ2v) is 7.51. The van der Waals surface area contributed by atoms with Crippen LogP contribution in [-0.2, 0) is 9.53 Å². The van der Waals surface area contributed by atoms with E-state index in [1.54, 1.807) is 7.05 Å². The Morgan fingerprint density at radius 3 is 2.52 bits per heavy atom. The molecule has 1 saturated heterocycles. The largest absolute Gasteiger partial charge is 0.353 e. The van der Waals surface area contributed by atoms with Crippen molar-refractivity contribution in [2.24, 2.45) is 0 Å². The average Bonchev–Trinajstić information content (AvgIpc) is 2.78. The highest BCUT2D eigenvalue weighted by Gasteiger charge is 2.28. The fraction of sp³-hybridized carbons (Fsp3) is 0.478. The number of nitriles is 1. The summed E-state index contributed by atoms with van der Waals surface area (Å²) in [7, 11) is 1.79. The number of piperazine rings is 1. The lowest BCUT2D eigenvalue weighted by atomic mass is 9.89. The number of ether oxygens (including phenoxy) is 1. The molecule has 2 aliphatic rings. The summed E-state index contributed by atoms with van der Waals surface area (Å²) in [5, 5.41) is 12.6. The number of nitrogens with one attached hydrogen (secondary N) is 1. The molecule has 1 N–H and O–H groups in total. The smallest absolute Gasteiger partial charge is 0.236 e. The lowest BCUT2D eigenvalue weighted by Crippen LogP contribution is -2.50. The van der Waals surface area contributed by atoms with Crippen molar-refractivity contribution in [3.05, 3.63) is 60.2 Å². The Balaban J connectivity index is 1.40. The lowest BCUT2D eigenvalue weighted by Gasteiger charge is -2.35. The number of allylic oxidation sites excluding steroid dienone is 2. The molecule has 154 valence electrons. The molecule has 1 aliphatic carbocycles. The maximum absolute atomic E-state index is 11.9. The highest BCUT2D eigenvalue weighted by molar-refractivity contribution is 5.78. The van der Waals surface area contributed by atoms with Crippen LogP contribution in [0, 0.1) is 11.3 Å². The summed E-state index contributed by atoms with van der Waals surface area (Å²) >= 11 is 0. The number of carbonyl (C=O) groups is 1. The Hall–Kier alpha value is -2.46. The summed E-state index contributed by atoms with van der Waals surface area (Å²) in [5.41, 5.74) is 0.239. The minimum absolute atomic E-state index is 0.163. The summed E-state index contributed by atoms with van der Waals surface area (Å²) in [6, 6.07) is 12.5. The van der Waals surface area contributed by atoms with Gasteiger partial charge in [0.15, 0.2) is 5.60 Å². The van der Waals surface area contributed by atoms with Crippen LogP contribution in [0.15, 0.2) is 54.6 Å². The van der Waals surface area contributed by atoms with Gasteiger partial charge in [-0.1, -0.05) is 42.5 Å². The molecule has 0 saturated carbocycles. The summed E-state index contributed by atoms with van der Waals surface area (Å²) in [4.78, 5) is 16.2. The van der Waals surface area contributed by atoms with E-state index in [0.29, 0.717) is 13.2 Å². The van der Waals surface area contributed by atoms with E-state index in [9.17, 15) is 10.1 Å². The number of benzene rings is 1. The minimum atomic E-state index is -0.969. The Morgan fingerprint density at radius 1 is 1.21 bits per heavy atom. The van der Waals surface area contributed by atoms with Crippen molar-refractivity contribution >= 4 is 5.91 Å². The van der Waals surface area contributed by atoms with Gasteiger partial charge in [0.1, 0.15) is 6.07 Å². The number of hydrogen-bond donors (Lipinski definition) is 1. The molecule has 6 heteroatoms. The van der Waals surface area contributed by atoms with Crippen LogP contribution in [0.3, 0.4) is 0 Å². The molecule has 1 heterocycles. The molecule has 0 unspecified atom stereocenters. The molecule has 3 rings (SSSR count). The Bertz CT molecular complexity index is 747. The number of likely N-dealkylation sites (N-methyl/N-ethyl adjacent to an activating group) is 1. The first-order chi connectivity index (χ1) is 14.2. The molecule has 0 spiro atoms. The summed E-state index contributed by atoms with van der Waals surface area (Å²) in [6.07, 6.45) is 8.69. The van der Waals surface area contributed by atoms with E-state index >= 15 is 0 Å². The first-order valence-corrected chi connectivity index (χ1v) is 10.3. The molecular formula is C23H30N4O2. The fourth-order valence-corrected chi connectivity index (χ4v) is 3.73. The summed E-state index contributed by atoms with van der Waals surface area (Å²) < 4.78 is 5.95. The second kappa shape index (κ2) is 10.4. The average molecular weight is 395 g/mol. The second-order valence-electron chi connectivity index (χ2n) is 7.51.